The molecule has 0 saturated carbocycles. The van der Waals surface area contributed by atoms with Crippen LogP contribution in [0.25, 0.3) is 0 Å². The quantitative estimate of drug-likeness (QED) is 0.753. The van der Waals surface area contributed by atoms with Crippen molar-refractivity contribution >= 4 is 33.2 Å². The van der Waals surface area contributed by atoms with Gasteiger partial charge in [0.2, 0.25) is 0 Å². The van der Waals surface area contributed by atoms with Crippen molar-refractivity contribution in [3.8, 4) is 0 Å². The van der Waals surface area contributed by atoms with Crippen molar-refractivity contribution in [2.24, 2.45) is 0 Å². The minimum Gasteiger partial charge on any atom is -0.350 e. The van der Waals surface area contributed by atoms with Crippen LogP contribution in [-0.2, 0) is 16.4 Å². The molecule has 0 saturated heterocycles. The summed E-state index contributed by atoms with van der Waals surface area (Å²) in [4.78, 5) is 12.7. The molecule has 0 aromatic heterocycles. The molecule has 2 atom stereocenters. The molecule has 0 unspecified atom stereocenters. The molecular weight excluding hydrogens is 396 g/mol. The van der Waals surface area contributed by atoms with E-state index in [4.69, 9.17) is 11.6 Å². The standard InChI is InChI=1S/C21H25ClN2O3S/c1-4-5-14(2)23-21(25)16-6-11-20-17(13-16)12-15(3)24(20)28(26,27)19-9-7-18(22)8-10-19/h6-11,13-15H,4-5,12H2,1-3H3,(H,23,25)/t14-,15-/m1/s1. The predicted octanol–water partition coefficient (Wildman–Crippen LogP) is 4.40. The fourth-order valence-electron chi connectivity index (χ4n) is 3.64. The minimum atomic E-state index is -3.70. The molecule has 0 radical (unpaired) electrons. The maximum atomic E-state index is 13.2. The van der Waals surface area contributed by atoms with E-state index in [-0.39, 0.29) is 22.9 Å². The Hall–Kier alpha value is -2.05. The Bertz CT molecular complexity index is 974. The highest BCUT2D eigenvalue weighted by atomic mass is 35.5. The number of hydrogen-bond donors (Lipinski definition) is 1. The molecule has 1 aliphatic rings. The average molecular weight is 421 g/mol. The summed E-state index contributed by atoms with van der Waals surface area (Å²) in [5, 5.41) is 3.48. The van der Waals surface area contributed by atoms with E-state index in [1.54, 1.807) is 30.3 Å². The topological polar surface area (TPSA) is 66.5 Å². The summed E-state index contributed by atoms with van der Waals surface area (Å²) in [5.41, 5.74) is 2.04. The van der Waals surface area contributed by atoms with Crippen molar-refractivity contribution in [3.63, 3.8) is 0 Å². The number of rotatable bonds is 6. The van der Waals surface area contributed by atoms with Crippen molar-refractivity contribution in [3.05, 3.63) is 58.6 Å². The molecule has 2 aromatic carbocycles. The molecule has 0 bridgehead atoms. The summed E-state index contributed by atoms with van der Waals surface area (Å²) in [5.74, 6) is -0.129. The second kappa shape index (κ2) is 8.13. The molecule has 1 amide bonds. The molecule has 0 fully saturated rings. The third-order valence-electron chi connectivity index (χ3n) is 4.96. The van der Waals surface area contributed by atoms with Gasteiger partial charge in [0.15, 0.2) is 0 Å². The van der Waals surface area contributed by atoms with Crippen LogP contribution in [0.15, 0.2) is 47.4 Å². The zero-order valence-corrected chi connectivity index (χ0v) is 17.8. The van der Waals surface area contributed by atoms with Crippen LogP contribution in [0, 0.1) is 0 Å². The van der Waals surface area contributed by atoms with Gasteiger partial charge in [-0.2, -0.15) is 0 Å². The highest BCUT2D eigenvalue weighted by molar-refractivity contribution is 7.92. The number of nitrogens with zero attached hydrogens (tertiary/aromatic N) is 1. The lowest BCUT2D eigenvalue weighted by atomic mass is 10.1. The molecule has 7 heteroatoms. The summed E-state index contributed by atoms with van der Waals surface area (Å²) in [6.07, 6.45) is 2.48. The fraction of sp³-hybridized carbons (Fsp3) is 0.381. The Labute approximate surface area is 171 Å². The fourth-order valence-corrected chi connectivity index (χ4v) is 5.46. The van der Waals surface area contributed by atoms with Crippen LogP contribution in [0.2, 0.25) is 5.02 Å². The molecule has 0 aliphatic carbocycles. The number of halogens is 1. The Balaban J connectivity index is 1.90. The van der Waals surface area contributed by atoms with Crippen LogP contribution in [0.3, 0.4) is 0 Å². The summed E-state index contributed by atoms with van der Waals surface area (Å²) in [6.45, 7) is 5.93. The second-order valence-electron chi connectivity index (χ2n) is 7.31. The van der Waals surface area contributed by atoms with Gasteiger partial charge in [-0.1, -0.05) is 24.9 Å². The van der Waals surface area contributed by atoms with E-state index >= 15 is 0 Å². The maximum Gasteiger partial charge on any atom is 0.264 e. The van der Waals surface area contributed by atoms with E-state index in [0.29, 0.717) is 22.7 Å². The Morgan fingerprint density at radius 2 is 1.93 bits per heavy atom. The molecule has 150 valence electrons. The normalized spacial score (nSPS) is 17.3. The van der Waals surface area contributed by atoms with Gasteiger partial charge in [0.1, 0.15) is 0 Å². The molecule has 5 nitrogen and oxygen atoms in total. The van der Waals surface area contributed by atoms with Crippen molar-refractivity contribution < 1.29 is 13.2 Å². The third kappa shape index (κ3) is 4.03. The zero-order chi connectivity index (χ0) is 20.5. The van der Waals surface area contributed by atoms with Gasteiger partial charge in [-0.15, -0.1) is 0 Å². The number of fused-ring (bicyclic) bond motifs is 1. The van der Waals surface area contributed by atoms with Gasteiger partial charge >= 0.3 is 0 Å². The summed E-state index contributed by atoms with van der Waals surface area (Å²) in [6, 6.07) is 11.3. The van der Waals surface area contributed by atoms with E-state index in [9.17, 15) is 13.2 Å². The molecule has 28 heavy (non-hydrogen) atoms. The van der Waals surface area contributed by atoms with Gasteiger partial charge in [-0.3, -0.25) is 9.10 Å². The van der Waals surface area contributed by atoms with Crippen molar-refractivity contribution in [1.82, 2.24) is 5.32 Å². The van der Waals surface area contributed by atoms with Gasteiger partial charge in [-0.05, 0) is 74.7 Å². The third-order valence-corrected chi connectivity index (χ3v) is 7.16. The number of sulfonamides is 1. The van der Waals surface area contributed by atoms with Crippen LogP contribution in [0.4, 0.5) is 5.69 Å². The number of nitrogens with one attached hydrogen (secondary N) is 1. The van der Waals surface area contributed by atoms with Gasteiger partial charge in [0.25, 0.3) is 15.9 Å². The van der Waals surface area contributed by atoms with E-state index in [0.717, 1.165) is 18.4 Å². The van der Waals surface area contributed by atoms with Crippen LogP contribution in [0.5, 0.6) is 0 Å². The van der Waals surface area contributed by atoms with Crippen molar-refractivity contribution in [2.75, 3.05) is 4.31 Å². The van der Waals surface area contributed by atoms with Gasteiger partial charge in [0.05, 0.1) is 10.6 Å². The SMILES string of the molecule is CCC[C@@H](C)NC(=O)c1ccc2c(c1)C[C@@H](C)N2S(=O)(=O)c1ccc(Cl)cc1. The molecule has 1 heterocycles. The Kier molecular flexibility index (Phi) is 6.01. The Morgan fingerprint density at radius 3 is 2.57 bits per heavy atom. The summed E-state index contributed by atoms with van der Waals surface area (Å²) < 4.78 is 27.8. The molecule has 2 aromatic rings. The highest BCUT2D eigenvalue weighted by Gasteiger charge is 2.36. The number of amides is 1. The number of hydrogen-bond acceptors (Lipinski definition) is 3. The molecule has 1 N–H and O–H groups in total. The van der Waals surface area contributed by atoms with Crippen LogP contribution >= 0.6 is 11.6 Å². The summed E-state index contributed by atoms with van der Waals surface area (Å²) in [7, 11) is -3.70. The van der Waals surface area contributed by atoms with Crippen molar-refractivity contribution in [1.29, 1.82) is 0 Å². The largest absolute Gasteiger partial charge is 0.350 e. The molecule has 1 aliphatic heterocycles. The number of carbonyl (C=O) groups is 1. The highest BCUT2D eigenvalue weighted by Crippen LogP contribution is 2.37. The number of benzene rings is 2. The first-order valence-corrected chi connectivity index (χ1v) is 11.3. The minimum absolute atomic E-state index is 0.103. The van der Waals surface area contributed by atoms with E-state index in [1.165, 1.54) is 16.4 Å². The molecular formula is C21H25ClN2O3S. The van der Waals surface area contributed by atoms with Crippen LogP contribution in [0.1, 0.15) is 49.5 Å². The van der Waals surface area contributed by atoms with E-state index in [2.05, 4.69) is 12.2 Å². The lowest BCUT2D eigenvalue weighted by molar-refractivity contribution is 0.0938. The first-order chi connectivity index (χ1) is 13.2. The van der Waals surface area contributed by atoms with E-state index in [1.807, 2.05) is 13.8 Å². The molecule has 0 spiro atoms. The lowest BCUT2D eigenvalue weighted by Crippen LogP contribution is -2.35. The van der Waals surface area contributed by atoms with Gasteiger partial charge in [-0.25, -0.2) is 8.42 Å². The number of carbonyl (C=O) groups excluding carboxylic acids is 1. The average Bonchev–Trinajstić information content (AvgIpc) is 2.97. The maximum absolute atomic E-state index is 13.2. The first-order valence-electron chi connectivity index (χ1n) is 9.47. The summed E-state index contributed by atoms with van der Waals surface area (Å²) >= 11 is 5.89. The zero-order valence-electron chi connectivity index (χ0n) is 16.3. The Morgan fingerprint density at radius 1 is 1.25 bits per heavy atom. The van der Waals surface area contributed by atoms with Gasteiger partial charge in [0, 0.05) is 22.7 Å². The smallest absolute Gasteiger partial charge is 0.264 e. The van der Waals surface area contributed by atoms with Gasteiger partial charge < -0.3 is 5.32 Å². The van der Waals surface area contributed by atoms with Crippen LogP contribution < -0.4 is 9.62 Å². The van der Waals surface area contributed by atoms with E-state index < -0.39 is 10.0 Å². The molecule has 3 rings (SSSR count). The first kappa shape index (κ1) is 20.7. The van der Waals surface area contributed by atoms with Crippen molar-refractivity contribution in [2.45, 2.75) is 57.0 Å². The lowest BCUT2D eigenvalue weighted by Gasteiger charge is -2.24. The predicted molar refractivity (Wildman–Crippen MR) is 113 cm³/mol. The number of anilines is 1. The van der Waals surface area contributed by atoms with Crippen LogP contribution in [-0.4, -0.2) is 26.4 Å². The monoisotopic (exact) mass is 420 g/mol. The second-order valence-corrected chi connectivity index (χ2v) is 9.57.